The van der Waals surface area contributed by atoms with E-state index < -0.39 is 0 Å². The molecule has 0 amide bonds. The van der Waals surface area contributed by atoms with Gasteiger partial charge in [0.1, 0.15) is 0 Å². The summed E-state index contributed by atoms with van der Waals surface area (Å²) in [6, 6.07) is 5.60. The monoisotopic (exact) mass is 204 g/mol. The van der Waals surface area contributed by atoms with E-state index >= 15 is 0 Å². The highest BCUT2D eigenvalue weighted by molar-refractivity contribution is 5.47. The summed E-state index contributed by atoms with van der Waals surface area (Å²) in [4.78, 5) is 6.89. The second-order valence-corrected chi connectivity index (χ2v) is 4.69. The SMILES string of the molecule is Cc1ccc(N2C(C)CCCC2C)cn1. The van der Waals surface area contributed by atoms with Crippen molar-refractivity contribution in [1.82, 2.24) is 4.98 Å². The lowest BCUT2D eigenvalue weighted by molar-refractivity contribution is 0.414. The van der Waals surface area contributed by atoms with E-state index in [0.717, 1.165) is 5.69 Å². The number of hydrogen-bond donors (Lipinski definition) is 0. The summed E-state index contributed by atoms with van der Waals surface area (Å²) in [6.07, 6.45) is 5.97. The van der Waals surface area contributed by atoms with Crippen molar-refractivity contribution in [1.29, 1.82) is 0 Å². The Kier molecular flexibility index (Phi) is 2.94. The number of hydrogen-bond acceptors (Lipinski definition) is 2. The molecule has 0 aromatic carbocycles. The Morgan fingerprint density at radius 1 is 1.20 bits per heavy atom. The quantitative estimate of drug-likeness (QED) is 0.698. The number of piperidine rings is 1. The average molecular weight is 204 g/mol. The minimum Gasteiger partial charge on any atom is -0.365 e. The molecule has 0 saturated carbocycles. The number of aromatic nitrogens is 1. The zero-order valence-corrected chi connectivity index (χ0v) is 9.90. The van der Waals surface area contributed by atoms with Crippen molar-refractivity contribution in [3.63, 3.8) is 0 Å². The van der Waals surface area contributed by atoms with Crippen LogP contribution in [0.15, 0.2) is 18.3 Å². The first-order valence-corrected chi connectivity index (χ1v) is 5.89. The molecule has 1 saturated heterocycles. The normalized spacial score (nSPS) is 26.7. The van der Waals surface area contributed by atoms with E-state index in [1.165, 1.54) is 24.9 Å². The topological polar surface area (TPSA) is 16.1 Å². The van der Waals surface area contributed by atoms with E-state index in [-0.39, 0.29) is 0 Å². The minimum atomic E-state index is 0.651. The molecule has 1 aromatic rings. The van der Waals surface area contributed by atoms with Crippen LogP contribution in [0.3, 0.4) is 0 Å². The van der Waals surface area contributed by atoms with Crippen LogP contribution in [0.5, 0.6) is 0 Å². The lowest BCUT2D eigenvalue weighted by Gasteiger charge is -2.40. The molecule has 1 aliphatic rings. The largest absolute Gasteiger partial charge is 0.365 e. The van der Waals surface area contributed by atoms with Gasteiger partial charge in [-0.05, 0) is 52.2 Å². The van der Waals surface area contributed by atoms with Gasteiger partial charge in [0.25, 0.3) is 0 Å². The van der Waals surface area contributed by atoms with Gasteiger partial charge in [-0.25, -0.2) is 0 Å². The molecule has 1 aliphatic heterocycles. The van der Waals surface area contributed by atoms with Crippen LogP contribution >= 0.6 is 0 Å². The predicted octanol–water partition coefficient (Wildman–Crippen LogP) is 3.16. The molecule has 1 fully saturated rings. The van der Waals surface area contributed by atoms with Crippen LogP contribution in [-0.2, 0) is 0 Å². The Morgan fingerprint density at radius 2 is 1.87 bits per heavy atom. The molecule has 0 radical (unpaired) electrons. The summed E-state index contributed by atoms with van der Waals surface area (Å²) < 4.78 is 0. The van der Waals surface area contributed by atoms with Crippen molar-refractivity contribution < 1.29 is 0 Å². The smallest absolute Gasteiger partial charge is 0.0557 e. The van der Waals surface area contributed by atoms with E-state index in [1.54, 1.807) is 0 Å². The molecule has 2 heteroatoms. The maximum atomic E-state index is 4.38. The van der Waals surface area contributed by atoms with Crippen molar-refractivity contribution in [2.45, 2.75) is 52.1 Å². The van der Waals surface area contributed by atoms with Crippen LogP contribution < -0.4 is 4.90 Å². The van der Waals surface area contributed by atoms with Crippen LogP contribution in [0.2, 0.25) is 0 Å². The first kappa shape index (κ1) is 10.5. The van der Waals surface area contributed by atoms with Crippen LogP contribution in [0, 0.1) is 6.92 Å². The molecule has 0 bridgehead atoms. The third kappa shape index (κ3) is 2.14. The van der Waals surface area contributed by atoms with Gasteiger partial charge in [0, 0.05) is 17.8 Å². The zero-order valence-electron chi connectivity index (χ0n) is 9.90. The first-order chi connectivity index (χ1) is 7.18. The van der Waals surface area contributed by atoms with Gasteiger partial charge in [0.15, 0.2) is 0 Å². The summed E-state index contributed by atoms with van der Waals surface area (Å²) in [5.74, 6) is 0. The predicted molar refractivity (Wildman–Crippen MR) is 64.2 cm³/mol. The Hall–Kier alpha value is -1.05. The molecule has 82 valence electrons. The molecule has 0 N–H and O–H groups in total. The molecule has 2 unspecified atom stereocenters. The van der Waals surface area contributed by atoms with Gasteiger partial charge in [-0.2, -0.15) is 0 Å². The van der Waals surface area contributed by atoms with Crippen LogP contribution in [0.4, 0.5) is 5.69 Å². The molecular weight excluding hydrogens is 184 g/mol. The fourth-order valence-corrected chi connectivity index (χ4v) is 2.54. The van der Waals surface area contributed by atoms with Crippen LogP contribution in [0.1, 0.15) is 38.8 Å². The van der Waals surface area contributed by atoms with Crippen molar-refractivity contribution >= 4 is 5.69 Å². The van der Waals surface area contributed by atoms with Gasteiger partial charge in [-0.1, -0.05) is 0 Å². The molecule has 2 atom stereocenters. The van der Waals surface area contributed by atoms with E-state index in [0.29, 0.717) is 12.1 Å². The third-order valence-electron chi connectivity index (χ3n) is 3.39. The second kappa shape index (κ2) is 4.21. The van der Waals surface area contributed by atoms with Gasteiger partial charge >= 0.3 is 0 Å². The van der Waals surface area contributed by atoms with E-state index in [4.69, 9.17) is 0 Å². The standard InChI is InChI=1S/C13H20N2/c1-10-7-8-13(9-14-10)15-11(2)5-4-6-12(15)3/h7-9,11-12H,4-6H2,1-3H3. The van der Waals surface area contributed by atoms with Crippen molar-refractivity contribution in [3.05, 3.63) is 24.0 Å². The number of nitrogens with zero attached hydrogens (tertiary/aromatic N) is 2. The van der Waals surface area contributed by atoms with Crippen LogP contribution in [0.25, 0.3) is 0 Å². The van der Waals surface area contributed by atoms with Gasteiger partial charge in [0.05, 0.1) is 11.9 Å². The number of pyridine rings is 1. The maximum Gasteiger partial charge on any atom is 0.0557 e. The third-order valence-corrected chi connectivity index (χ3v) is 3.39. The van der Waals surface area contributed by atoms with Gasteiger partial charge in [0.2, 0.25) is 0 Å². The van der Waals surface area contributed by atoms with Crippen molar-refractivity contribution in [2.75, 3.05) is 4.90 Å². The van der Waals surface area contributed by atoms with Crippen molar-refractivity contribution in [2.24, 2.45) is 0 Å². The van der Waals surface area contributed by atoms with Gasteiger partial charge in [-0.3, -0.25) is 4.98 Å². The molecule has 2 nitrogen and oxygen atoms in total. The summed E-state index contributed by atoms with van der Waals surface area (Å²) in [6.45, 7) is 6.66. The molecule has 0 aliphatic carbocycles. The van der Waals surface area contributed by atoms with Crippen LogP contribution in [-0.4, -0.2) is 17.1 Å². The highest BCUT2D eigenvalue weighted by atomic mass is 15.2. The lowest BCUT2D eigenvalue weighted by atomic mass is 9.97. The fourth-order valence-electron chi connectivity index (χ4n) is 2.54. The number of anilines is 1. The van der Waals surface area contributed by atoms with Gasteiger partial charge < -0.3 is 4.90 Å². The molecular formula is C13H20N2. The fraction of sp³-hybridized carbons (Fsp3) is 0.615. The number of rotatable bonds is 1. The summed E-state index contributed by atoms with van der Waals surface area (Å²) in [5, 5.41) is 0. The maximum absolute atomic E-state index is 4.38. The van der Waals surface area contributed by atoms with Crippen molar-refractivity contribution in [3.8, 4) is 0 Å². The minimum absolute atomic E-state index is 0.651. The Bertz CT molecular complexity index is 308. The van der Waals surface area contributed by atoms with E-state index in [2.05, 4.69) is 35.9 Å². The molecule has 2 rings (SSSR count). The highest BCUT2D eigenvalue weighted by Crippen LogP contribution is 2.28. The average Bonchev–Trinajstić information content (AvgIpc) is 2.20. The first-order valence-electron chi connectivity index (χ1n) is 5.89. The van der Waals surface area contributed by atoms with Gasteiger partial charge in [-0.15, -0.1) is 0 Å². The number of aryl methyl sites for hydroxylation is 1. The molecule has 0 spiro atoms. The molecule has 2 heterocycles. The van der Waals surface area contributed by atoms with E-state index in [9.17, 15) is 0 Å². The highest BCUT2D eigenvalue weighted by Gasteiger charge is 2.24. The Morgan fingerprint density at radius 3 is 2.40 bits per heavy atom. The summed E-state index contributed by atoms with van der Waals surface area (Å²) in [7, 11) is 0. The Balaban J connectivity index is 2.23. The summed E-state index contributed by atoms with van der Waals surface area (Å²) in [5.41, 5.74) is 2.37. The molecule has 1 aromatic heterocycles. The second-order valence-electron chi connectivity index (χ2n) is 4.69. The lowest BCUT2D eigenvalue weighted by Crippen LogP contribution is -2.43. The summed E-state index contributed by atoms with van der Waals surface area (Å²) >= 11 is 0. The Labute approximate surface area is 92.3 Å². The molecule has 15 heavy (non-hydrogen) atoms. The zero-order chi connectivity index (χ0) is 10.8. The van der Waals surface area contributed by atoms with E-state index in [1.807, 2.05) is 13.1 Å².